The van der Waals surface area contributed by atoms with Crippen molar-refractivity contribution >= 4 is 11.6 Å². The molecule has 0 radical (unpaired) electrons. The van der Waals surface area contributed by atoms with Crippen LogP contribution in [0.1, 0.15) is 38.5 Å². The molecule has 1 aliphatic carbocycles. The molecule has 1 heterocycles. The maximum Gasteiger partial charge on any atom is 0.131 e. The number of aromatic nitrogens is 2. The highest BCUT2D eigenvalue weighted by Gasteiger charge is 2.12. The third-order valence-corrected chi connectivity index (χ3v) is 3.51. The van der Waals surface area contributed by atoms with E-state index in [1.807, 2.05) is 13.1 Å². The summed E-state index contributed by atoms with van der Waals surface area (Å²) in [7, 11) is 1.87. The second kappa shape index (κ2) is 6.42. The fraction of sp³-hybridized carbons (Fsp3) is 0.692. The third kappa shape index (κ3) is 3.88. The van der Waals surface area contributed by atoms with Crippen LogP contribution >= 0.6 is 0 Å². The van der Waals surface area contributed by atoms with Crippen LogP contribution in [0, 0.1) is 5.92 Å². The molecular weight excluding hydrogens is 212 g/mol. The van der Waals surface area contributed by atoms with E-state index in [0.717, 1.165) is 24.1 Å². The van der Waals surface area contributed by atoms with Crippen LogP contribution in [-0.2, 0) is 0 Å². The van der Waals surface area contributed by atoms with Crippen LogP contribution < -0.4 is 10.6 Å². The van der Waals surface area contributed by atoms with E-state index < -0.39 is 0 Å². The molecule has 4 heteroatoms. The van der Waals surface area contributed by atoms with Gasteiger partial charge in [0, 0.05) is 19.7 Å². The van der Waals surface area contributed by atoms with E-state index in [1.54, 1.807) is 6.33 Å². The summed E-state index contributed by atoms with van der Waals surface area (Å²) < 4.78 is 0. The van der Waals surface area contributed by atoms with Gasteiger partial charge in [-0.25, -0.2) is 9.97 Å². The number of nitrogens with zero attached hydrogens (tertiary/aromatic N) is 2. The minimum absolute atomic E-state index is 0.861. The summed E-state index contributed by atoms with van der Waals surface area (Å²) >= 11 is 0. The van der Waals surface area contributed by atoms with Crippen molar-refractivity contribution in [1.29, 1.82) is 0 Å². The molecule has 0 aromatic carbocycles. The number of hydrogen-bond donors (Lipinski definition) is 2. The molecule has 0 spiro atoms. The van der Waals surface area contributed by atoms with E-state index in [4.69, 9.17) is 0 Å². The Kier molecular flexibility index (Phi) is 4.59. The first-order chi connectivity index (χ1) is 8.38. The largest absolute Gasteiger partial charge is 0.373 e. The quantitative estimate of drug-likeness (QED) is 0.822. The van der Waals surface area contributed by atoms with E-state index in [9.17, 15) is 0 Å². The Balaban J connectivity index is 1.73. The van der Waals surface area contributed by atoms with E-state index in [-0.39, 0.29) is 0 Å². The SMILES string of the molecule is CNc1cc(NCCC2CCCCC2)ncn1. The lowest BCUT2D eigenvalue weighted by Gasteiger charge is -2.21. The molecule has 0 amide bonds. The van der Waals surface area contributed by atoms with Gasteiger partial charge in [-0.1, -0.05) is 32.1 Å². The molecule has 0 bridgehead atoms. The van der Waals surface area contributed by atoms with Crippen molar-refractivity contribution in [3.63, 3.8) is 0 Å². The predicted molar refractivity (Wildman–Crippen MR) is 71.3 cm³/mol. The Bertz CT molecular complexity index is 334. The lowest BCUT2D eigenvalue weighted by molar-refractivity contribution is 0.345. The molecule has 1 fully saturated rings. The number of nitrogens with one attached hydrogen (secondary N) is 2. The van der Waals surface area contributed by atoms with Crippen molar-refractivity contribution in [2.45, 2.75) is 38.5 Å². The van der Waals surface area contributed by atoms with Gasteiger partial charge in [-0.05, 0) is 12.3 Å². The van der Waals surface area contributed by atoms with Gasteiger partial charge in [0.2, 0.25) is 0 Å². The molecule has 0 saturated heterocycles. The van der Waals surface area contributed by atoms with Crippen molar-refractivity contribution < 1.29 is 0 Å². The summed E-state index contributed by atoms with van der Waals surface area (Å²) in [6.07, 6.45) is 9.94. The zero-order valence-corrected chi connectivity index (χ0v) is 10.6. The molecule has 4 nitrogen and oxygen atoms in total. The van der Waals surface area contributed by atoms with E-state index in [2.05, 4.69) is 20.6 Å². The number of hydrogen-bond acceptors (Lipinski definition) is 4. The van der Waals surface area contributed by atoms with Crippen molar-refractivity contribution in [1.82, 2.24) is 9.97 Å². The first kappa shape index (κ1) is 12.1. The molecular formula is C13H22N4. The molecule has 2 rings (SSSR count). The molecule has 0 unspecified atom stereocenters. The standard InChI is InChI=1S/C13H22N4/c1-14-12-9-13(17-10-16-12)15-8-7-11-5-3-2-4-6-11/h9-11H,2-8H2,1H3,(H2,14,15,16,17). The minimum Gasteiger partial charge on any atom is -0.373 e. The van der Waals surface area contributed by atoms with Crippen LogP contribution in [0.25, 0.3) is 0 Å². The summed E-state index contributed by atoms with van der Waals surface area (Å²) in [6, 6.07) is 1.95. The van der Waals surface area contributed by atoms with E-state index in [1.165, 1.54) is 38.5 Å². The summed E-state index contributed by atoms with van der Waals surface area (Å²) in [5.74, 6) is 2.70. The first-order valence-corrected chi connectivity index (χ1v) is 6.62. The fourth-order valence-electron chi connectivity index (χ4n) is 2.47. The number of rotatable bonds is 5. The average molecular weight is 234 g/mol. The maximum atomic E-state index is 4.21. The normalized spacial score (nSPS) is 16.8. The first-order valence-electron chi connectivity index (χ1n) is 6.62. The topological polar surface area (TPSA) is 49.8 Å². The Labute approximate surface area is 103 Å². The molecule has 17 heavy (non-hydrogen) atoms. The van der Waals surface area contributed by atoms with Crippen LogP contribution in [0.2, 0.25) is 0 Å². The van der Waals surface area contributed by atoms with Crippen molar-refractivity contribution in [2.75, 3.05) is 24.2 Å². The average Bonchev–Trinajstić information content (AvgIpc) is 2.40. The molecule has 94 valence electrons. The van der Waals surface area contributed by atoms with Gasteiger partial charge in [-0.2, -0.15) is 0 Å². The molecule has 1 aliphatic rings. The van der Waals surface area contributed by atoms with Crippen molar-refractivity contribution in [3.8, 4) is 0 Å². The summed E-state index contributed by atoms with van der Waals surface area (Å²) in [5, 5.41) is 6.39. The van der Waals surface area contributed by atoms with E-state index >= 15 is 0 Å². The zero-order valence-electron chi connectivity index (χ0n) is 10.6. The monoisotopic (exact) mass is 234 g/mol. The summed E-state index contributed by atoms with van der Waals surface area (Å²) in [4.78, 5) is 8.30. The zero-order chi connectivity index (χ0) is 11.9. The van der Waals surface area contributed by atoms with Crippen molar-refractivity contribution in [2.24, 2.45) is 5.92 Å². The van der Waals surface area contributed by atoms with Gasteiger partial charge in [-0.15, -0.1) is 0 Å². The molecule has 0 atom stereocenters. The molecule has 0 aliphatic heterocycles. The molecule has 1 aromatic rings. The lowest BCUT2D eigenvalue weighted by Crippen LogP contribution is -2.12. The summed E-state index contributed by atoms with van der Waals surface area (Å²) in [6.45, 7) is 1.02. The Morgan fingerprint density at radius 2 is 1.94 bits per heavy atom. The molecule has 2 N–H and O–H groups in total. The van der Waals surface area contributed by atoms with Gasteiger partial charge in [0.25, 0.3) is 0 Å². The fourth-order valence-corrected chi connectivity index (χ4v) is 2.47. The van der Waals surface area contributed by atoms with Gasteiger partial charge < -0.3 is 10.6 Å². The second-order valence-corrected chi connectivity index (χ2v) is 4.76. The third-order valence-electron chi connectivity index (χ3n) is 3.51. The minimum atomic E-state index is 0.861. The molecule has 1 saturated carbocycles. The highest BCUT2D eigenvalue weighted by Crippen LogP contribution is 2.26. The molecule has 1 aromatic heterocycles. The number of anilines is 2. The summed E-state index contributed by atoms with van der Waals surface area (Å²) in [5.41, 5.74) is 0. The Morgan fingerprint density at radius 3 is 2.71 bits per heavy atom. The van der Waals surface area contributed by atoms with E-state index in [0.29, 0.717) is 0 Å². The predicted octanol–water partition coefficient (Wildman–Crippen LogP) is 2.90. The van der Waals surface area contributed by atoms with Crippen molar-refractivity contribution in [3.05, 3.63) is 12.4 Å². The smallest absolute Gasteiger partial charge is 0.131 e. The highest BCUT2D eigenvalue weighted by molar-refractivity contribution is 5.45. The maximum absolute atomic E-state index is 4.21. The van der Waals surface area contributed by atoms with Gasteiger partial charge in [0.15, 0.2) is 0 Å². The van der Waals surface area contributed by atoms with Gasteiger partial charge in [-0.3, -0.25) is 0 Å². The second-order valence-electron chi connectivity index (χ2n) is 4.76. The lowest BCUT2D eigenvalue weighted by atomic mass is 9.87. The van der Waals surface area contributed by atoms with Crippen LogP contribution in [0.15, 0.2) is 12.4 Å². The Morgan fingerprint density at radius 1 is 1.18 bits per heavy atom. The van der Waals surface area contributed by atoms with Gasteiger partial charge in [0.1, 0.15) is 18.0 Å². The van der Waals surface area contributed by atoms with Crippen LogP contribution in [0.3, 0.4) is 0 Å². The van der Waals surface area contributed by atoms with Crippen LogP contribution in [0.5, 0.6) is 0 Å². The van der Waals surface area contributed by atoms with Gasteiger partial charge in [0.05, 0.1) is 0 Å². The highest BCUT2D eigenvalue weighted by atomic mass is 15.0. The van der Waals surface area contributed by atoms with Crippen LogP contribution in [-0.4, -0.2) is 23.6 Å². The Hall–Kier alpha value is -1.32. The van der Waals surface area contributed by atoms with Gasteiger partial charge >= 0.3 is 0 Å². The van der Waals surface area contributed by atoms with Crippen LogP contribution in [0.4, 0.5) is 11.6 Å².